The molecule has 1 unspecified atom stereocenters. The minimum absolute atomic E-state index is 0.0623. The Hall–Kier alpha value is -2.14. The van der Waals surface area contributed by atoms with Crippen molar-refractivity contribution in [3.05, 3.63) is 47.3 Å². The quantitative estimate of drug-likeness (QED) is 0.935. The molecule has 21 heavy (non-hydrogen) atoms. The van der Waals surface area contributed by atoms with Gasteiger partial charge in [0, 0.05) is 7.05 Å². The van der Waals surface area contributed by atoms with E-state index in [-0.39, 0.29) is 18.6 Å². The fourth-order valence-corrected chi connectivity index (χ4v) is 2.18. The first-order valence-corrected chi connectivity index (χ1v) is 6.96. The van der Waals surface area contributed by atoms with Gasteiger partial charge in [0.2, 0.25) is 0 Å². The van der Waals surface area contributed by atoms with E-state index in [0.29, 0.717) is 5.56 Å². The Morgan fingerprint density at radius 1 is 1.38 bits per heavy atom. The molecule has 1 N–H and O–H groups in total. The molecule has 0 saturated carbocycles. The molecule has 1 amide bonds. The molecule has 112 valence electrons. The number of aliphatic hydroxyl groups is 1. The molecular weight excluding hydrogens is 266 g/mol. The molecule has 0 fully saturated rings. The van der Waals surface area contributed by atoms with E-state index in [4.69, 9.17) is 0 Å². The lowest BCUT2D eigenvalue weighted by Crippen LogP contribution is -2.37. The van der Waals surface area contributed by atoms with Crippen LogP contribution >= 0.6 is 0 Å². The van der Waals surface area contributed by atoms with Gasteiger partial charge in [-0.2, -0.15) is 5.10 Å². The van der Waals surface area contributed by atoms with Gasteiger partial charge in [0.15, 0.2) is 0 Å². The Labute approximate surface area is 124 Å². The van der Waals surface area contributed by atoms with Crippen LogP contribution in [0.25, 0.3) is 5.69 Å². The van der Waals surface area contributed by atoms with Gasteiger partial charge in [0.25, 0.3) is 5.91 Å². The standard InChI is InChI=1S/C16H21N3O2/c1-11-7-5-6-8-15(11)19-13(3)14(9-17-19)16(21)18(4)12(2)10-20/h5-9,12,20H,10H2,1-4H3. The molecule has 1 atom stereocenters. The first-order chi connectivity index (χ1) is 9.97. The fourth-order valence-electron chi connectivity index (χ4n) is 2.18. The molecule has 0 aliphatic rings. The van der Waals surface area contributed by atoms with Gasteiger partial charge in [-0.3, -0.25) is 4.79 Å². The summed E-state index contributed by atoms with van der Waals surface area (Å²) in [5, 5.41) is 13.5. The molecule has 0 saturated heterocycles. The number of amides is 1. The zero-order valence-electron chi connectivity index (χ0n) is 12.9. The molecule has 1 heterocycles. The van der Waals surface area contributed by atoms with Crippen LogP contribution in [0.1, 0.15) is 28.5 Å². The minimum atomic E-state index is -0.223. The summed E-state index contributed by atoms with van der Waals surface area (Å²) in [6.45, 7) is 5.63. The number of hydrogen-bond acceptors (Lipinski definition) is 3. The van der Waals surface area contributed by atoms with Gasteiger partial charge in [-0.05, 0) is 32.4 Å². The highest BCUT2D eigenvalue weighted by Crippen LogP contribution is 2.18. The molecule has 0 spiro atoms. The number of carbonyl (C=O) groups excluding carboxylic acids is 1. The Bertz CT molecular complexity index is 649. The van der Waals surface area contributed by atoms with E-state index in [1.54, 1.807) is 24.9 Å². The largest absolute Gasteiger partial charge is 0.394 e. The highest BCUT2D eigenvalue weighted by molar-refractivity contribution is 5.95. The maximum atomic E-state index is 12.5. The van der Waals surface area contributed by atoms with Crippen molar-refractivity contribution in [1.82, 2.24) is 14.7 Å². The van der Waals surface area contributed by atoms with Crippen molar-refractivity contribution < 1.29 is 9.90 Å². The van der Waals surface area contributed by atoms with Crippen molar-refractivity contribution in [3.8, 4) is 5.69 Å². The second kappa shape index (κ2) is 6.10. The van der Waals surface area contributed by atoms with Crippen LogP contribution in [-0.2, 0) is 0 Å². The van der Waals surface area contributed by atoms with Gasteiger partial charge in [-0.15, -0.1) is 0 Å². The lowest BCUT2D eigenvalue weighted by atomic mass is 10.2. The number of benzene rings is 1. The SMILES string of the molecule is Cc1ccccc1-n1ncc(C(=O)N(C)C(C)CO)c1C. The van der Waals surface area contributed by atoms with Crippen molar-refractivity contribution in [1.29, 1.82) is 0 Å². The third-order valence-corrected chi connectivity index (χ3v) is 3.83. The molecule has 1 aromatic carbocycles. The first-order valence-electron chi connectivity index (χ1n) is 6.96. The monoisotopic (exact) mass is 287 g/mol. The van der Waals surface area contributed by atoms with Gasteiger partial charge in [-0.25, -0.2) is 4.68 Å². The summed E-state index contributed by atoms with van der Waals surface area (Å²) in [7, 11) is 1.69. The van der Waals surface area contributed by atoms with E-state index < -0.39 is 0 Å². The van der Waals surface area contributed by atoms with E-state index in [1.165, 1.54) is 4.90 Å². The van der Waals surface area contributed by atoms with Gasteiger partial charge < -0.3 is 10.0 Å². The fraction of sp³-hybridized carbons (Fsp3) is 0.375. The second-order valence-electron chi connectivity index (χ2n) is 5.29. The van der Waals surface area contributed by atoms with Crippen LogP contribution in [0, 0.1) is 13.8 Å². The number of para-hydroxylation sites is 1. The van der Waals surface area contributed by atoms with Gasteiger partial charge >= 0.3 is 0 Å². The first kappa shape index (κ1) is 15.3. The van der Waals surface area contributed by atoms with E-state index in [2.05, 4.69) is 5.10 Å². The third kappa shape index (κ3) is 2.83. The van der Waals surface area contributed by atoms with Crippen LogP contribution in [-0.4, -0.2) is 45.4 Å². The van der Waals surface area contributed by atoms with E-state index in [0.717, 1.165) is 16.9 Å². The average molecular weight is 287 g/mol. The van der Waals surface area contributed by atoms with Crippen LogP contribution in [0.5, 0.6) is 0 Å². The number of carbonyl (C=O) groups is 1. The summed E-state index contributed by atoms with van der Waals surface area (Å²) in [5.41, 5.74) is 3.42. The van der Waals surface area contributed by atoms with Gasteiger partial charge in [-0.1, -0.05) is 18.2 Å². The number of likely N-dealkylation sites (N-methyl/N-ethyl adjacent to an activating group) is 1. The molecule has 2 aromatic rings. The molecular formula is C16H21N3O2. The molecule has 0 aliphatic heterocycles. The predicted molar refractivity (Wildman–Crippen MR) is 81.7 cm³/mol. The Morgan fingerprint density at radius 2 is 2.05 bits per heavy atom. The number of aromatic nitrogens is 2. The Balaban J connectivity index is 2.38. The van der Waals surface area contributed by atoms with Gasteiger partial charge in [0.1, 0.15) is 0 Å². The van der Waals surface area contributed by atoms with Crippen LogP contribution < -0.4 is 0 Å². The normalized spacial score (nSPS) is 12.2. The summed E-state index contributed by atoms with van der Waals surface area (Å²) in [6, 6.07) is 7.69. The number of aliphatic hydroxyl groups excluding tert-OH is 1. The van der Waals surface area contributed by atoms with E-state index in [9.17, 15) is 9.90 Å². The maximum Gasteiger partial charge on any atom is 0.257 e. The topological polar surface area (TPSA) is 58.4 Å². The zero-order chi connectivity index (χ0) is 15.6. The second-order valence-corrected chi connectivity index (χ2v) is 5.29. The summed E-state index contributed by atoms with van der Waals surface area (Å²) in [6.07, 6.45) is 1.59. The third-order valence-electron chi connectivity index (χ3n) is 3.83. The highest BCUT2D eigenvalue weighted by Gasteiger charge is 2.21. The molecule has 2 rings (SSSR count). The number of rotatable bonds is 4. The van der Waals surface area contributed by atoms with E-state index in [1.807, 2.05) is 38.1 Å². The van der Waals surface area contributed by atoms with E-state index >= 15 is 0 Å². The number of nitrogens with zero attached hydrogens (tertiary/aromatic N) is 3. The Morgan fingerprint density at radius 3 is 2.67 bits per heavy atom. The summed E-state index contributed by atoms with van der Waals surface area (Å²) < 4.78 is 1.78. The van der Waals surface area contributed by atoms with Crippen molar-refractivity contribution >= 4 is 5.91 Å². The van der Waals surface area contributed by atoms with Crippen LogP contribution in [0.2, 0.25) is 0 Å². The predicted octanol–water partition coefficient (Wildman–Crippen LogP) is 1.94. The minimum Gasteiger partial charge on any atom is -0.394 e. The summed E-state index contributed by atoms with van der Waals surface area (Å²) in [4.78, 5) is 14.0. The summed E-state index contributed by atoms with van der Waals surface area (Å²) in [5.74, 6) is -0.131. The smallest absolute Gasteiger partial charge is 0.257 e. The molecule has 5 heteroatoms. The van der Waals surface area contributed by atoms with Crippen molar-refractivity contribution in [2.75, 3.05) is 13.7 Å². The Kier molecular flexibility index (Phi) is 4.43. The van der Waals surface area contributed by atoms with Crippen LogP contribution in [0.4, 0.5) is 0 Å². The van der Waals surface area contributed by atoms with Crippen molar-refractivity contribution in [3.63, 3.8) is 0 Å². The molecule has 0 aliphatic carbocycles. The summed E-state index contributed by atoms with van der Waals surface area (Å²) >= 11 is 0. The number of hydrogen-bond donors (Lipinski definition) is 1. The van der Waals surface area contributed by atoms with Crippen LogP contribution in [0.15, 0.2) is 30.5 Å². The molecule has 0 radical (unpaired) electrons. The maximum absolute atomic E-state index is 12.5. The number of aryl methyl sites for hydroxylation is 1. The zero-order valence-corrected chi connectivity index (χ0v) is 12.9. The highest BCUT2D eigenvalue weighted by atomic mass is 16.3. The van der Waals surface area contributed by atoms with Crippen LogP contribution in [0.3, 0.4) is 0 Å². The van der Waals surface area contributed by atoms with Gasteiger partial charge in [0.05, 0.1) is 35.8 Å². The average Bonchev–Trinajstić information content (AvgIpc) is 2.87. The molecule has 0 bridgehead atoms. The lowest BCUT2D eigenvalue weighted by molar-refractivity contribution is 0.0681. The molecule has 1 aromatic heterocycles. The van der Waals surface area contributed by atoms with Crippen molar-refractivity contribution in [2.24, 2.45) is 0 Å². The van der Waals surface area contributed by atoms with Crippen molar-refractivity contribution in [2.45, 2.75) is 26.8 Å². The molecule has 5 nitrogen and oxygen atoms in total. The lowest BCUT2D eigenvalue weighted by Gasteiger charge is -2.22.